The topological polar surface area (TPSA) is 18.5 Å². The Morgan fingerprint density at radius 3 is 1.93 bits per heavy atom. The Labute approximate surface area is 97.2 Å². The molecule has 0 bridgehead atoms. The van der Waals surface area contributed by atoms with Crippen LogP contribution in [0.1, 0.15) is 13.8 Å². The molecule has 0 aromatic heterocycles. The van der Waals surface area contributed by atoms with Gasteiger partial charge in [0.15, 0.2) is 0 Å². The molecular weight excluding hydrogens is 236 g/mol. The molecule has 1 rings (SSSR count). The highest BCUT2D eigenvalue weighted by atomic mass is 29.7. The lowest BCUT2D eigenvalue weighted by molar-refractivity contribution is 0.0823. The van der Waals surface area contributed by atoms with E-state index >= 15 is 0 Å². The molecule has 90 valence electrons. The van der Waals surface area contributed by atoms with Crippen molar-refractivity contribution in [1.29, 1.82) is 0 Å². The molecule has 0 aliphatic carbocycles. The molecule has 1 fully saturated rings. The maximum Gasteiger partial charge on any atom is 0.310 e. The Hall–Kier alpha value is 0.571. The van der Waals surface area contributed by atoms with Crippen LogP contribution in [0.25, 0.3) is 0 Å². The minimum Gasteiger partial charge on any atom is -0.400 e. The van der Waals surface area contributed by atoms with Crippen molar-refractivity contribution >= 4 is 22.8 Å². The molecule has 15 heavy (non-hydrogen) atoms. The van der Waals surface area contributed by atoms with Crippen LogP contribution in [-0.2, 0) is 8.85 Å². The number of hydrogen-bond donors (Lipinski definition) is 0. The van der Waals surface area contributed by atoms with Crippen molar-refractivity contribution in [3.63, 3.8) is 0 Å². The predicted molar refractivity (Wildman–Crippen MR) is 73.6 cm³/mol. The van der Waals surface area contributed by atoms with E-state index in [0.717, 1.165) is 0 Å². The molecule has 5 heteroatoms. The van der Waals surface area contributed by atoms with Gasteiger partial charge in [0.2, 0.25) is 0 Å². The van der Waals surface area contributed by atoms with Crippen LogP contribution in [0.2, 0.25) is 38.8 Å². The van der Waals surface area contributed by atoms with E-state index in [4.69, 9.17) is 8.85 Å². The molecule has 0 N–H and O–H groups in total. The molecule has 1 unspecified atom stereocenters. The van der Waals surface area contributed by atoms with Gasteiger partial charge in [0.25, 0.3) is 0 Å². The van der Waals surface area contributed by atoms with Crippen molar-refractivity contribution in [3.8, 4) is 0 Å². The molecule has 0 aromatic rings. The molecule has 1 aliphatic heterocycles. The number of hydrogen-bond acceptors (Lipinski definition) is 2. The van der Waals surface area contributed by atoms with Crippen LogP contribution in [0.15, 0.2) is 0 Å². The molecule has 1 saturated heterocycles. The highest BCUT2D eigenvalue weighted by Gasteiger charge is 2.64. The van der Waals surface area contributed by atoms with Crippen molar-refractivity contribution in [1.82, 2.24) is 0 Å². The second-order valence-corrected chi connectivity index (χ2v) is 32.4. The Morgan fingerprint density at radius 1 is 1.07 bits per heavy atom. The fourth-order valence-electron chi connectivity index (χ4n) is 2.89. The lowest BCUT2D eigenvalue weighted by atomic mass is 10.2. The summed E-state index contributed by atoms with van der Waals surface area (Å²) in [7, 11) is -2.54. The summed E-state index contributed by atoms with van der Waals surface area (Å²) in [5.41, 5.74) is 0.0369. The maximum absolute atomic E-state index is 6.37. The summed E-state index contributed by atoms with van der Waals surface area (Å²) in [5, 5.41) is 0. The summed E-state index contributed by atoms with van der Waals surface area (Å²) in [6.45, 7) is 16.8. The first-order valence-electron chi connectivity index (χ1n) is 5.73. The zero-order valence-electron chi connectivity index (χ0n) is 11.5. The molecule has 1 aliphatic rings. The summed E-state index contributed by atoms with van der Waals surface area (Å²) in [5.74, 6) is 0. The van der Waals surface area contributed by atoms with E-state index in [-0.39, 0.29) is 5.60 Å². The molecule has 0 saturated carbocycles. The third-order valence-electron chi connectivity index (χ3n) is 4.56. The highest BCUT2D eigenvalue weighted by molar-refractivity contribution is 7.66. The Kier molecular flexibility index (Phi) is 3.21. The summed E-state index contributed by atoms with van der Waals surface area (Å²) >= 11 is 0. The Morgan fingerprint density at radius 2 is 1.53 bits per heavy atom. The SMILES string of the molecule is CO[Si]1(C)OC(C)(C)C[Si](C)(C)[Si]1(C)C. The molecule has 1 heterocycles. The quantitative estimate of drug-likeness (QED) is 0.676. The monoisotopic (exact) mass is 262 g/mol. The van der Waals surface area contributed by atoms with Crippen LogP contribution in [0.3, 0.4) is 0 Å². The highest BCUT2D eigenvalue weighted by Crippen LogP contribution is 2.43. The smallest absolute Gasteiger partial charge is 0.310 e. The molecular formula is C10H26O2Si3. The van der Waals surface area contributed by atoms with Gasteiger partial charge in [-0.05, 0) is 26.4 Å². The van der Waals surface area contributed by atoms with Crippen molar-refractivity contribution in [2.75, 3.05) is 7.11 Å². The van der Waals surface area contributed by atoms with E-state index in [1.165, 1.54) is 6.04 Å². The van der Waals surface area contributed by atoms with Gasteiger partial charge < -0.3 is 8.85 Å². The first kappa shape index (κ1) is 13.6. The standard InChI is InChI=1S/C10H26O2Si3/c1-10(2)9-13(4,5)14(6,7)15(8,11-3)12-10/h9H2,1-8H3. The van der Waals surface area contributed by atoms with E-state index in [1.807, 2.05) is 7.11 Å². The predicted octanol–water partition coefficient (Wildman–Crippen LogP) is 3.09. The average molecular weight is 263 g/mol. The Bertz CT molecular complexity index is 263. The zero-order valence-corrected chi connectivity index (χ0v) is 14.5. The van der Waals surface area contributed by atoms with Crippen molar-refractivity contribution in [2.45, 2.75) is 58.2 Å². The molecule has 0 spiro atoms. The summed E-state index contributed by atoms with van der Waals surface area (Å²) in [6, 6.07) is 1.28. The molecule has 0 aromatic carbocycles. The first-order valence-corrected chi connectivity index (χ1v) is 16.3. The van der Waals surface area contributed by atoms with Gasteiger partial charge in [0.05, 0.1) is 5.60 Å². The summed E-state index contributed by atoms with van der Waals surface area (Å²) < 4.78 is 12.3. The van der Waals surface area contributed by atoms with Crippen LogP contribution in [-0.4, -0.2) is 35.5 Å². The van der Waals surface area contributed by atoms with Crippen LogP contribution in [0.5, 0.6) is 0 Å². The molecule has 1 atom stereocenters. The Balaban J connectivity index is 3.18. The van der Waals surface area contributed by atoms with Gasteiger partial charge in [-0.3, -0.25) is 0 Å². The molecule has 0 amide bonds. The molecule has 0 radical (unpaired) electrons. The van der Waals surface area contributed by atoms with E-state index in [0.29, 0.717) is 0 Å². The fraction of sp³-hybridized carbons (Fsp3) is 1.00. The van der Waals surface area contributed by atoms with E-state index in [2.05, 4.69) is 46.6 Å². The maximum atomic E-state index is 6.37. The van der Waals surface area contributed by atoms with Crippen molar-refractivity contribution < 1.29 is 8.85 Å². The third kappa shape index (κ3) is 2.04. The van der Waals surface area contributed by atoms with Gasteiger partial charge in [-0.2, -0.15) is 0 Å². The lowest BCUT2D eigenvalue weighted by Gasteiger charge is -2.57. The summed E-state index contributed by atoms with van der Waals surface area (Å²) in [4.78, 5) is 0. The van der Waals surface area contributed by atoms with Gasteiger partial charge in [-0.25, -0.2) is 0 Å². The van der Waals surface area contributed by atoms with E-state index in [1.54, 1.807) is 0 Å². The van der Waals surface area contributed by atoms with Crippen LogP contribution < -0.4 is 0 Å². The largest absolute Gasteiger partial charge is 0.400 e. The van der Waals surface area contributed by atoms with Crippen LogP contribution >= 0.6 is 0 Å². The van der Waals surface area contributed by atoms with Gasteiger partial charge >= 0.3 is 8.08 Å². The zero-order chi connectivity index (χ0) is 12.1. The lowest BCUT2D eigenvalue weighted by Crippen LogP contribution is -2.79. The van der Waals surface area contributed by atoms with Gasteiger partial charge in [0.1, 0.15) is 7.11 Å². The minimum absolute atomic E-state index is 0.0369. The average Bonchev–Trinajstić information content (AvgIpc) is 1.98. The van der Waals surface area contributed by atoms with Crippen molar-refractivity contribution in [3.05, 3.63) is 0 Å². The van der Waals surface area contributed by atoms with Gasteiger partial charge in [-0.15, -0.1) is 0 Å². The second kappa shape index (κ2) is 3.53. The fourth-order valence-corrected chi connectivity index (χ4v) is 31.5. The normalized spacial score (nSPS) is 37.6. The minimum atomic E-state index is -1.91. The number of rotatable bonds is 1. The first-order chi connectivity index (χ1) is 6.47. The van der Waals surface area contributed by atoms with E-state index < -0.39 is 22.8 Å². The third-order valence-corrected chi connectivity index (χ3v) is 42.3. The molecule has 2 nitrogen and oxygen atoms in total. The summed E-state index contributed by atoms with van der Waals surface area (Å²) in [6.07, 6.45) is 0. The second-order valence-electron chi connectivity index (χ2n) is 6.70. The van der Waals surface area contributed by atoms with Gasteiger partial charge in [0, 0.05) is 14.7 Å². The van der Waals surface area contributed by atoms with Gasteiger partial charge in [-0.1, -0.05) is 26.2 Å². The van der Waals surface area contributed by atoms with Crippen molar-refractivity contribution in [2.24, 2.45) is 0 Å². The van der Waals surface area contributed by atoms with E-state index in [9.17, 15) is 0 Å². The van der Waals surface area contributed by atoms with Crippen LogP contribution in [0.4, 0.5) is 0 Å². The van der Waals surface area contributed by atoms with Crippen LogP contribution in [0, 0.1) is 0 Å².